The standard InChI is InChI=1S/C63H63N/c1-60(2,3)49-35-46(34-47(36-49)48-37-50(61(4,5)6)40-51(38-48)62(7,8)9)44-24-19-23-43(33-44)45-25-20-26-52(39-45)64(59-30-18-16-27-54(59)42-21-13-12-14-22-42)53-31-32-56-55-28-15-17-29-57(55)63(10,11)58(56)41-53/h12-41H,1-11H3. The number of benzene rings is 8. The van der Waals surface area contributed by atoms with Crippen molar-refractivity contribution in [2.75, 3.05) is 4.90 Å². The largest absolute Gasteiger partial charge is 0.310 e. The molecule has 1 aliphatic carbocycles. The summed E-state index contributed by atoms with van der Waals surface area (Å²) < 4.78 is 0. The SMILES string of the molecule is CC(C)(C)c1cc(-c2cccc(-c3cccc(N(c4ccc5c(c4)C(C)(C)c4ccccc4-5)c4ccccc4-c4ccccc4)c3)c2)cc(-c2cc(C(C)(C)C)cc(C(C)(C)C)c2)c1. The van der Waals surface area contributed by atoms with Crippen LogP contribution in [0.5, 0.6) is 0 Å². The topological polar surface area (TPSA) is 3.24 Å². The molecular formula is C63H63N. The van der Waals surface area contributed by atoms with Gasteiger partial charge in [-0.15, -0.1) is 0 Å². The Morgan fingerprint density at radius 2 is 0.750 bits per heavy atom. The van der Waals surface area contributed by atoms with Gasteiger partial charge in [-0.3, -0.25) is 0 Å². The molecule has 0 aromatic heterocycles. The summed E-state index contributed by atoms with van der Waals surface area (Å²) in [6.07, 6.45) is 0. The maximum absolute atomic E-state index is 2.46. The lowest BCUT2D eigenvalue weighted by atomic mass is 9.78. The fraction of sp³-hybridized carbons (Fsp3) is 0.238. The van der Waals surface area contributed by atoms with Crippen LogP contribution in [0.1, 0.15) is 104 Å². The van der Waals surface area contributed by atoms with Gasteiger partial charge in [0.1, 0.15) is 0 Å². The third-order valence-corrected chi connectivity index (χ3v) is 13.5. The first-order valence-corrected chi connectivity index (χ1v) is 23.1. The number of hydrogen-bond acceptors (Lipinski definition) is 1. The normalized spacial score (nSPS) is 13.4. The maximum atomic E-state index is 2.46. The molecule has 0 aliphatic heterocycles. The molecular weight excluding hydrogens is 771 g/mol. The zero-order valence-electron chi connectivity index (χ0n) is 39.8. The third-order valence-electron chi connectivity index (χ3n) is 13.5. The molecule has 320 valence electrons. The number of para-hydroxylation sites is 1. The molecule has 1 aliphatic rings. The van der Waals surface area contributed by atoms with Crippen molar-refractivity contribution in [3.8, 4) is 55.6 Å². The van der Waals surface area contributed by atoms with Gasteiger partial charge in [-0.1, -0.05) is 216 Å². The zero-order valence-corrected chi connectivity index (χ0v) is 39.8. The highest BCUT2D eigenvalue weighted by Crippen LogP contribution is 2.51. The number of rotatable bonds is 7. The van der Waals surface area contributed by atoms with Crippen molar-refractivity contribution in [1.29, 1.82) is 0 Å². The van der Waals surface area contributed by atoms with Gasteiger partial charge in [-0.2, -0.15) is 0 Å². The second-order valence-corrected chi connectivity index (χ2v) is 21.6. The van der Waals surface area contributed by atoms with Gasteiger partial charge in [0.25, 0.3) is 0 Å². The molecule has 0 atom stereocenters. The van der Waals surface area contributed by atoms with Gasteiger partial charge in [0.2, 0.25) is 0 Å². The molecule has 0 bridgehead atoms. The van der Waals surface area contributed by atoms with Crippen molar-refractivity contribution < 1.29 is 0 Å². The number of hydrogen-bond donors (Lipinski definition) is 0. The Kier molecular flexibility index (Phi) is 10.7. The average Bonchev–Trinajstić information content (AvgIpc) is 3.51. The first kappa shape index (κ1) is 42.8. The van der Waals surface area contributed by atoms with Crippen LogP contribution in [0, 0.1) is 0 Å². The van der Waals surface area contributed by atoms with Crippen molar-refractivity contribution in [3.63, 3.8) is 0 Å². The van der Waals surface area contributed by atoms with E-state index in [0.717, 1.165) is 17.1 Å². The first-order chi connectivity index (χ1) is 30.4. The van der Waals surface area contributed by atoms with Crippen LogP contribution in [-0.2, 0) is 21.7 Å². The predicted octanol–water partition coefficient (Wildman–Crippen LogP) is 18.0. The molecule has 0 fully saturated rings. The molecule has 64 heavy (non-hydrogen) atoms. The highest BCUT2D eigenvalue weighted by molar-refractivity contribution is 5.91. The van der Waals surface area contributed by atoms with Crippen LogP contribution in [0.2, 0.25) is 0 Å². The lowest BCUT2D eigenvalue weighted by molar-refractivity contribution is 0.569. The van der Waals surface area contributed by atoms with E-state index in [0.29, 0.717) is 0 Å². The Morgan fingerprint density at radius 1 is 0.312 bits per heavy atom. The molecule has 1 nitrogen and oxygen atoms in total. The van der Waals surface area contributed by atoms with Crippen LogP contribution in [0.4, 0.5) is 17.1 Å². The fourth-order valence-electron chi connectivity index (χ4n) is 9.55. The van der Waals surface area contributed by atoms with Crippen molar-refractivity contribution in [2.24, 2.45) is 0 Å². The lowest BCUT2D eigenvalue weighted by Gasteiger charge is -2.30. The third kappa shape index (κ3) is 8.14. The molecule has 8 aromatic carbocycles. The first-order valence-electron chi connectivity index (χ1n) is 23.1. The summed E-state index contributed by atoms with van der Waals surface area (Å²) >= 11 is 0. The van der Waals surface area contributed by atoms with E-state index >= 15 is 0 Å². The summed E-state index contributed by atoms with van der Waals surface area (Å²) in [6, 6.07) is 68.4. The average molecular weight is 834 g/mol. The van der Waals surface area contributed by atoms with E-state index in [1.54, 1.807) is 0 Å². The van der Waals surface area contributed by atoms with Crippen molar-refractivity contribution in [2.45, 2.75) is 97.8 Å². The van der Waals surface area contributed by atoms with Gasteiger partial charge in [0.05, 0.1) is 5.69 Å². The summed E-state index contributed by atoms with van der Waals surface area (Å²) in [6.45, 7) is 25.6. The zero-order chi connectivity index (χ0) is 45.2. The molecule has 0 saturated carbocycles. The molecule has 0 unspecified atom stereocenters. The number of fused-ring (bicyclic) bond motifs is 3. The van der Waals surface area contributed by atoms with E-state index in [1.165, 1.54) is 83.5 Å². The van der Waals surface area contributed by atoms with E-state index in [2.05, 4.69) is 263 Å². The molecule has 0 spiro atoms. The molecule has 8 aromatic rings. The minimum Gasteiger partial charge on any atom is -0.310 e. The van der Waals surface area contributed by atoms with Gasteiger partial charge in [0.15, 0.2) is 0 Å². The summed E-state index contributed by atoms with van der Waals surface area (Å²) in [4.78, 5) is 2.46. The van der Waals surface area contributed by atoms with E-state index in [1.807, 2.05) is 0 Å². The molecule has 0 amide bonds. The number of anilines is 3. The van der Waals surface area contributed by atoms with Crippen LogP contribution in [0.15, 0.2) is 182 Å². The van der Waals surface area contributed by atoms with Gasteiger partial charge >= 0.3 is 0 Å². The Morgan fingerprint density at radius 3 is 1.39 bits per heavy atom. The molecule has 1 heteroatoms. The van der Waals surface area contributed by atoms with Crippen LogP contribution in [0.3, 0.4) is 0 Å². The maximum Gasteiger partial charge on any atom is 0.0540 e. The monoisotopic (exact) mass is 833 g/mol. The van der Waals surface area contributed by atoms with E-state index < -0.39 is 0 Å². The van der Waals surface area contributed by atoms with Gasteiger partial charge in [-0.05, 0) is 137 Å². The lowest BCUT2D eigenvalue weighted by Crippen LogP contribution is -2.17. The fourth-order valence-corrected chi connectivity index (χ4v) is 9.55. The minimum atomic E-state index is -0.122. The minimum absolute atomic E-state index is 0.0275. The molecule has 0 heterocycles. The van der Waals surface area contributed by atoms with Crippen molar-refractivity contribution >= 4 is 17.1 Å². The molecule has 0 saturated heterocycles. The Bertz CT molecular complexity index is 2980. The smallest absolute Gasteiger partial charge is 0.0540 e. The van der Waals surface area contributed by atoms with E-state index in [4.69, 9.17) is 0 Å². The van der Waals surface area contributed by atoms with E-state index in [-0.39, 0.29) is 21.7 Å². The Balaban J connectivity index is 1.17. The highest BCUT2D eigenvalue weighted by atomic mass is 15.1. The second kappa shape index (κ2) is 16.0. The summed E-state index contributed by atoms with van der Waals surface area (Å²) in [5, 5.41) is 0. The van der Waals surface area contributed by atoms with E-state index in [9.17, 15) is 0 Å². The summed E-state index contributed by atoms with van der Waals surface area (Å²) in [5.41, 5.74) is 22.5. The Labute approximate surface area is 383 Å². The number of nitrogens with zero attached hydrogens (tertiary/aromatic N) is 1. The van der Waals surface area contributed by atoms with Crippen LogP contribution in [-0.4, -0.2) is 0 Å². The summed E-state index contributed by atoms with van der Waals surface area (Å²) in [5.74, 6) is 0. The highest BCUT2D eigenvalue weighted by Gasteiger charge is 2.36. The second-order valence-electron chi connectivity index (χ2n) is 21.6. The van der Waals surface area contributed by atoms with Gasteiger partial charge in [-0.25, -0.2) is 0 Å². The summed E-state index contributed by atoms with van der Waals surface area (Å²) in [7, 11) is 0. The van der Waals surface area contributed by atoms with Crippen LogP contribution >= 0.6 is 0 Å². The van der Waals surface area contributed by atoms with Crippen LogP contribution < -0.4 is 4.90 Å². The van der Waals surface area contributed by atoms with Crippen molar-refractivity contribution in [3.05, 3.63) is 210 Å². The molecule has 9 rings (SSSR count). The predicted molar refractivity (Wildman–Crippen MR) is 277 cm³/mol. The van der Waals surface area contributed by atoms with Gasteiger partial charge in [0, 0.05) is 22.4 Å². The van der Waals surface area contributed by atoms with Crippen LogP contribution in [0.25, 0.3) is 55.6 Å². The quantitative estimate of drug-likeness (QED) is 0.155. The van der Waals surface area contributed by atoms with Gasteiger partial charge < -0.3 is 4.90 Å². The molecule has 0 N–H and O–H groups in total. The Hall–Kier alpha value is -6.44. The molecule has 0 radical (unpaired) electrons. The van der Waals surface area contributed by atoms with Crippen molar-refractivity contribution in [1.82, 2.24) is 0 Å².